The van der Waals surface area contributed by atoms with Crippen LogP contribution >= 0.6 is 0 Å². The first-order chi connectivity index (χ1) is 8.77. The zero-order chi connectivity index (χ0) is 13.0. The molecule has 1 aromatic carbocycles. The van der Waals surface area contributed by atoms with E-state index >= 15 is 0 Å². The highest BCUT2D eigenvalue weighted by Gasteiger charge is 2.16. The Morgan fingerprint density at radius 1 is 1.39 bits per heavy atom. The van der Waals surface area contributed by atoms with E-state index in [2.05, 4.69) is 30.3 Å². The van der Waals surface area contributed by atoms with Crippen molar-refractivity contribution >= 4 is 0 Å². The number of aromatic nitrogens is 2. The summed E-state index contributed by atoms with van der Waals surface area (Å²) in [4.78, 5) is 0. The van der Waals surface area contributed by atoms with E-state index in [9.17, 15) is 0 Å². The second-order valence-electron chi connectivity index (χ2n) is 4.12. The SMILES string of the molecule is CCNC(C)c1c(OC)cccc1-n1cccn1. The molecule has 4 heteroatoms. The van der Waals surface area contributed by atoms with E-state index in [0.717, 1.165) is 23.5 Å². The number of hydrogen-bond donors (Lipinski definition) is 1. The van der Waals surface area contributed by atoms with Gasteiger partial charge in [-0.05, 0) is 31.7 Å². The van der Waals surface area contributed by atoms with Crippen LogP contribution < -0.4 is 10.1 Å². The predicted octanol–water partition coefficient (Wildman–Crippen LogP) is 2.55. The van der Waals surface area contributed by atoms with Gasteiger partial charge in [0, 0.05) is 24.0 Å². The smallest absolute Gasteiger partial charge is 0.125 e. The number of hydrogen-bond acceptors (Lipinski definition) is 3. The fourth-order valence-electron chi connectivity index (χ4n) is 2.16. The molecule has 0 aliphatic rings. The van der Waals surface area contributed by atoms with Crippen LogP contribution in [0.5, 0.6) is 5.75 Å². The van der Waals surface area contributed by atoms with Gasteiger partial charge in [-0.2, -0.15) is 5.10 Å². The summed E-state index contributed by atoms with van der Waals surface area (Å²) in [5.41, 5.74) is 2.18. The lowest BCUT2D eigenvalue weighted by molar-refractivity contribution is 0.401. The van der Waals surface area contributed by atoms with Crippen LogP contribution in [-0.2, 0) is 0 Å². The zero-order valence-corrected chi connectivity index (χ0v) is 11.1. The van der Waals surface area contributed by atoms with Gasteiger partial charge in [0.25, 0.3) is 0 Å². The lowest BCUT2D eigenvalue weighted by Crippen LogP contribution is -2.20. The first kappa shape index (κ1) is 12.6. The summed E-state index contributed by atoms with van der Waals surface area (Å²) in [6, 6.07) is 8.15. The molecule has 1 heterocycles. The first-order valence-electron chi connectivity index (χ1n) is 6.18. The molecule has 0 saturated carbocycles. The average molecular weight is 245 g/mol. The third-order valence-electron chi connectivity index (χ3n) is 2.96. The Bertz CT molecular complexity index is 494. The summed E-state index contributed by atoms with van der Waals surface area (Å²) in [7, 11) is 1.70. The summed E-state index contributed by atoms with van der Waals surface area (Å²) in [6.45, 7) is 5.14. The number of methoxy groups -OCH3 is 1. The summed E-state index contributed by atoms with van der Waals surface area (Å²) in [6.07, 6.45) is 3.72. The van der Waals surface area contributed by atoms with Gasteiger partial charge in [0.05, 0.1) is 12.8 Å². The molecule has 0 bridgehead atoms. The first-order valence-corrected chi connectivity index (χ1v) is 6.18. The van der Waals surface area contributed by atoms with Crippen LogP contribution in [0, 0.1) is 0 Å². The Balaban J connectivity index is 2.52. The van der Waals surface area contributed by atoms with E-state index < -0.39 is 0 Å². The van der Waals surface area contributed by atoms with Crippen molar-refractivity contribution in [3.05, 3.63) is 42.2 Å². The lowest BCUT2D eigenvalue weighted by Gasteiger charge is -2.20. The topological polar surface area (TPSA) is 39.1 Å². The maximum atomic E-state index is 5.47. The minimum atomic E-state index is 0.213. The largest absolute Gasteiger partial charge is 0.496 e. The number of benzene rings is 1. The Hall–Kier alpha value is -1.81. The highest BCUT2D eigenvalue weighted by Crippen LogP contribution is 2.30. The third kappa shape index (κ3) is 2.38. The lowest BCUT2D eigenvalue weighted by atomic mass is 10.0. The predicted molar refractivity (Wildman–Crippen MR) is 72.2 cm³/mol. The fourth-order valence-corrected chi connectivity index (χ4v) is 2.16. The van der Waals surface area contributed by atoms with Crippen molar-refractivity contribution in [2.75, 3.05) is 13.7 Å². The van der Waals surface area contributed by atoms with Crippen molar-refractivity contribution in [2.24, 2.45) is 0 Å². The summed E-state index contributed by atoms with van der Waals surface area (Å²) < 4.78 is 7.34. The van der Waals surface area contributed by atoms with Crippen molar-refractivity contribution in [3.63, 3.8) is 0 Å². The van der Waals surface area contributed by atoms with Gasteiger partial charge in [-0.3, -0.25) is 0 Å². The van der Waals surface area contributed by atoms with Gasteiger partial charge in [0.15, 0.2) is 0 Å². The average Bonchev–Trinajstić information content (AvgIpc) is 2.91. The van der Waals surface area contributed by atoms with E-state index in [1.807, 2.05) is 29.1 Å². The molecule has 96 valence electrons. The highest BCUT2D eigenvalue weighted by molar-refractivity contribution is 5.51. The van der Waals surface area contributed by atoms with Crippen LogP contribution in [0.15, 0.2) is 36.7 Å². The fraction of sp³-hybridized carbons (Fsp3) is 0.357. The molecular formula is C14H19N3O. The van der Waals surface area contributed by atoms with Gasteiger partial charge in [0.1, 0.15) is 5.75 Å². The number of nitrogens with one attached hydrogen (secondary N) is 1. The Kier molecular flexibility index (Phi) is 3.99. The maximum Gasteiger partial charge on any atom is 0.125 e. The molecule has 1 atom stereocenters. The van der Waals surface area contributed by atoms with Crippen molar-refractivity contribution in [1.29, 1.82) is 0 Å². The molecule has 0 radical (unpaired) electrons. The van der Waals surface area contributed by atoms with Crippen molar-refractivity contribution in [1.82, 2.24) is 15.1 Å². The monoisotopic (exact) mass is 245 g/mol. The van der Waals surface area contributed by atoms with Crippen molar-refractivity contribution < 1.29 is 4.74 Å². The summed E-state index contributed by atoms with van der Waals surface area (Å²) >= 11 is 0. The highest BCUT2D eigenvalue weighted by atomic mass is 16.5. The molecule has 0 amide bonds. The molecule has 4 nitrogen and oxygen atoms in total. The summed E-state index contributed by atoms with van der Waals surface area (Å²) in [5.74, 6) is 0.886. The zero-order valence-electron chi connectivity index (χ0n) is 11.1. The minimum Gasteiger partial charge on any atom is -0.496 e. The van der Waals surface area contributed by atoms with Gasteiger partial charge in [-0.15, -0.1) is 0 Å². The molecule has 1 unspecified atom stereocenters. The number of nitrogens with zero attached hydrogens (tertiary/aromatic N) is 2. The normalized spacial score (nSPS) is 12.4. The van der Waals surface area contributed by atoms with Gasteiger partial charge < -0.3 is 10.1 Å². The molecular weight excluding hydrogens is 226 g/mol. The third-order valence-corrected chi connectivity index (χ3v) is 2.96. The van der Waals surface area contributed by atoms with Crippen LogP contribution in [0.2, 0.25) is 0 Å². The standard InChI is InChI=1S/C14H19N3O/c1-4-15-11(2)14-12(17-10-6-9-16-17)7-5-8-13(14)18-3/h5-11,15H,4H2,1-3H3. The second-order valence-corrected chi connectivity index (χ2v) is 4.12. The molecule has 18 heavy (non-hydrogen) atoms. The number of rotatable bonds is 5. The van der Waals surface area contributed by atoms with Crippen LogP contribution in [0.4, 0.5) is 0 Å². The van der Waals surface area contributed by atoms with Crippen LogP contribution in [0.1, 0.15) is 25.5 Å². The molecule has 0 aliphatic carbocycles. The Labute approximate surface area is 108 Å². The molecule has 2 aromatic rings. The Morgan fingerprint density at radius 2 is 2.22 bits per heavy atom. The van der Waals surface area contributed by atoms with Crippen molar-refractivity contribution in [3.8, 4) is 11.4 Å². The second kappa shape index (κ2) is 5.69. The molecule has 0 aliphatic heterocycles. The van der Waals surface area contributed by atoms with Gasteiger partial charge in [-0.25, -0.2) is 4.68 Å². The van der Waals surface area contributed by atoms with E-state index in [4.69, 9.17) is 4.74 Å². The maximum absolute atomic E-state index is 5.47. The van der Waals surface area contributed by atoms with Crippen LogP contribution in [-0.4, -0.2) is 23.4 Å². The van der Waals surface area contributed by atoms with Gasteiger partial charge >= 0.3 is 0 Å². The van der Waals surface area contributed by atoms with E-state index in [-0.39, 0.29) is 6.04 Å². The summed E-state index contributed by atoms with van der Waals surface area (Å²) in [5, 5.41) is 7.72. The van der Waals surface area contributed by atoms with Gasteiger partial charge in [-0.1, -0.05) is 13.0 Å². The van der Waals surface area contributed by atoms with E-state index in [1.165, 1.54) is 0 Å². The van der Waals surface area contributed by atoms with E-state index in [1.54, 1.807) is 13.3 Å². The quantitative estimate of drug-likeness (QED) is 0.880. The molecule has 0 fully saturated rings. The minimum absolute atomic E-state index is 0.213. The van der Waals surface area contributed by atoms with E-state index in [0.29, 0.717) is 0 Å². The molecule has 0 spiro atoms. The molecule has 0 saturated heterocycles. The number of ether oxygens (including phenoxy) is 1. The van der Waals surface area contributed by atoms with Crippen LogP contribution in [0.3, 0.4) is 0 Å². The molecule has 2 rings (SSSR count). The Morgan fingerprint density at radius 3 is 2.83 bits per heavy atom. The van der Waals surface area contributed by atoms with Crippen molar-refractivity contribution in [2.45, 2.75) is 19.9 Å². The molecule has 1 aromatic heterocycles. The van der Waals surface area contributed by atoms with Gasteiger partial charge in [0.2, 0.25) is 0 Å². The van der Waals surface area contributed by atoms with Crippen LogP contribution in [0.25, 0.3) is 5.69 Å². The molecule has 1 N–H and O–H groups in total.